The molecule has 1 amide bonds. The van der Waals surface area contributed by atoms with Gasteiger partial charge in [-0.2, -0.15) is 0 Å². The molecule has 0 aliphatic carbocycles. The van der Waals surface area contributed by atoms with E-state index in [0.717, 1.165) is 5.56 Å². The van der Waals surface area contributed by atoms with Gasteiger partial charge in [-0.05, 0) is 13.0 Å². The fourth-order valence-corrected chi connectivity index (χ4v) is 2.77. The molecule has 2 aromatic rings. The number of aliphatic hydroxyl groups is 1. The van der Waals surface area contributed by atoms with Crippen molar-refractivity contribution in [2.24, 2.45) is 0 Å². The van der Waals surface area contributed by atoms with Crippen molar-refractivity contribution in [3.8, 4) is 0 Å². The van der Waals surface area contributed by atoms with Gasteiger partial charge in [-0.1, -0.05) is 48.5 Å². The highest BCUT2D eigenvalue weighted by Gasteiger charge is 2.48. The van der Waals surface area contributed by atoms with Crippen LogP contribution in [0.1, 0.15) is 28.4 Å². The number of hydrogen-bond donors (Lipinski definition) is 1. The maximum Gasteiger partial charge on any atom is 0.257 e. The third-order valence-electron chi connectivity index (χ3n) is 3.66. The molecule has 0 saturated heterocycles. The average Bonchev–Trinajstić information content (AvgIpc) is 2.70. The Labute approximate surface area is 112 Å². The first-order chi connectivity index (χ1) is 9.19. The number of benzene rings is 2. The molecule has 19 heavy (non-hydrogen) atoms. The van der Waals surface area contributed by atoms with Gasteiger partial charge in [0.15, 0.2) is 5.72 Å². The van der Waals surface area contributed by atoms with Crippen LogP contribution in [0, 0.1) is 0 Å². The highest BCUT2D eigenvalue weighted by molar-refractivity contribution is 6.00. The SMILES string of the molecule is CCN1C(=O)c2ccccc2C1(O)c1ccccc1. The molecule has 3 heteroatoms. The number of carbonyl (C=O) groups is 1. The summed E-state index contributed by atoms with van der Waals surface area (Å²) in [5.74, 6) is -0.121. The lowest BCUT2D eigenvalue weighted by Crippen LogP contribution is -2.44. The van der Waals surface area contributed by atoms with Crippen LogP contribution in [0.25, 0.3) is 0 Å². The van der Waals surface area contributed by atoms with Crippen LogP contribution in [0.15, 0.2) is 54.6 Å². The van der Waals surface area contributed by atoms with Crippen molar-refractivity contribution in [2.75, 3.05) is 6.54 Å². The molecular formula is C16H15NO2. The lowest BCUT2D eigenvalue weighted by Gasteiger charge is -2.34. The fourth-order valence-electron chi connectivity index (χ4n) is 2.77. The van der Waals surface area contributed by atoms with E-state index in [1.807, 2.05) is 55.5 Å². The molecule has 1 aliphatic rings. The van der Waals surface area contributed by atoms with Gasteiger partial charge in [-0.15, -0.1) is 0 Å². The van der Waals surface area contributed by atoms with E-state index >= 15 is 0 Å². The largest absolute Gasteiger partial charge is 0.363 e. The molecule has 0 saturated carbocycles. The highest BCUT2D eigenvalue weighted by atomic mass is 16.3. The van der Waals surface area contributed by atoms with Crippen LogP contribution < -0.4 is 0 Å². The standard InChI is InChI=1S/C16H15NO2/c1-2-17-15(18)13-10-6-7-11-14(13)16(17,19)12-8-4-3-5-9-12/h3-11,19H,2H2,1H3. The molecule has 1 unspecified atom stereocenters. The Morgan fingerprint density at radius 1 is 1.05 bits per heavy atom. The molecule has 96 valence electrons. The predicted octanol–water partition coefficient (Wildman–Crippen LogP) is 2.36. The smallest absolute Gasteiger partial charge is 0.257 e. The van der Waals surface area contributed by atoms with Crippen LogP contribution in [0.4, 0.5) is 0 Å². The summed E-state index contributed by atoms with van der Waals surface area (Å²) >= 11 is 0. The fraction of sp³-hybridized carbons (Fsp3) is 0.188. The summed E-state index contributed by atoms with van der Waals surface area (Å²) in [6.45, 7) is 2.33. The number of amides is 1. The zero-order valence-corrected chi connectivity index (χ0v) is 10.7. The van der Waals surface area contributed by atoms with Crippen molar-refractivity contribution in [1.82, 2.24) is 4.90 Å². The first-order valence-corrected chi connectivity index (χ1v) is 6.39. The van der Waals surface area contributed by atoms with Gasteiger partial charge in [-0.25, -0.2) is 0 Å². The monoisotopic (exact) mass is 253 g/mol. The maximum absolute atomic E-state index is 12.4. The first kappa shape index (κ1) is 11.9. The number of hydrogen-bond acceptors (Lipinski definition) is 2. The number of nitrogens with zero attached hydrogens (tertiary/aromatic N) is 1. The molecule has 1 atom stereocenters. The Hall–Kier alpha value is -2.13. The van der Waals surface area contributed by atoms with Gasteiger partial charge in [-0.3, -0.25) is 4.79 Å². The van der Waals surface area contributed by atoms with Crippen molar-refractivity contribution >= 4 is 5.91 Å². The third kappa shape index (κ3) is 1.52. The Balaban J connectivity index is 2.27. The summed E-state index contributed by atoms with van der Waals surface area (Å²) in [5.41, 5.74) is 0.600. The number of rotatable bonds is 2. The second-order valence-electron chi connectivity index (χ2n) is 4.63. The molecule has 0 radical (unpaired) electrons. The van der Waals surface area contributed by atoms with Crippen molar-refractivity contribution in [3.05, 3.63) is 71.3 Å². The van der Waals surface area contributed by atoms with Gasteiger partial charge in [0.1, 0.15) is 0 Å². The summed E-state index contributed by atoms with van der Waals surface area (Å²) < 4.78 is 0. The molecule has 3 rings (SSSR count). The molecule has 2 aromatic carbocycles. The minimum atomic E-state index is -1.36. The molecule has 1 aliphatic heterocycles. The molecule has 1 N–H and O–H groups in total. The second kappa shape index (κ2) is 4.21. The van der Waals surface area contributed by atoms with Crippen LogP contribution in [-0.4, -0.2) is 22.5 Å². The molecule has 0 bridgehead atoms. The maximum atomic E-state index is 12.4. The van der Waals surface area contributed by atoms with Gasteiger partial charge in [0.2, 0.25) is 0 Å². The van der Waals surface area contributed by atoms with Crippen LogP contribution in [0.3, 0.4) is 0 Å². The Kier molecular flexibility index (Phi) is 2.64. The van der Waals surface area contributed by atoms with E-state index in [2.05, 4.69) is 0 Å². The summed E-state index contributed by atoms with van der Waals surface area (Å²) in [4.78, 5) is 13.9. The van der Waals surface area contributed by atoms with E-state index in [4.69, 9.17) is 0 Å². The van der Waals surface area contributed by atoms with Crippen molar-refractivity contribution in [3.63, 3.8) is 0 Å². The van der Waals surface area contributed by atoms with E-state index in [0.29, 0.717) is 17.7 Å². The molecular weight excluding hydrogens is 238 g/mol. The number of fused-ring (bicyclic) bond motifs is 1. The van der Waals surface area contributed by atoms with E-state index in [1.165, 1.54) is 4.90 Å². The lowest BCUT2D eigenvalue weighted by molar-refractivity contribution is -0.0474. The van der Waals surface area contributed by atoms with E-state index < -0.39 is 5.72 Å². The summed E-state index contributed by atoms with van der Waals surface area (Å²) in [6, 6.07) is 16.6. The summed E-state index contributed by atoms with van der Waals surface area (Å²) in [6.07, 6.45) is 0. The van der Waals surface area contributed by atoms with E-state index in [1.54, 1.807) is 6.07 Å². The topological polar surface area (TPSA) is 40.5 Å². The molecule has 1 heterocycles. The van der Waals surface area contributed by atoms with Crippen LogP contribution in [0.2, 0.25) is 0 Å². The first-order valence-electron chi connectivity index (χ1n) is 6.39. The van der Waals surface area contributed by atoms with Crippen LogP contribution in [-0.2, 0) is 5.72 Å². The Morgan fingerprint density at radius 2 is 1.68 bits per heavy atom. The van der Waals surface area contributed by atoms with Gasteiger partial charge in [0.25, 0.3) is 5.91 Å². The van der Waals surface area contributed by atoms with Crippen LogP contribution >= 0.6 is 0 Å². The molecule has 0 aromatic heterocycles. The molecule has 3 nitrogen and oxygen atoms in total. The van der Waals surface area contributed by atoms with E-state index in [-0.39, 0.29) is 5.91 Å². The van der Waals surface area contributed by atoms with E-state index in [9.17, 15) is 9.90 Å². The Morgan fingerprint density at radius 3 is 2.37 bits per heavy atom. The minimum Gasteiger partial charge on any atom is -0.363 e. The zero-order valence-electron chi connectivity index (χ0n) is 10.7. The third-order valence-corrected chi connectivity index (χ3v) is 3.66. The van der Waals surface area contributed by atoms with Gasteiger partial charge in [0.05, 0.1) is 0 Å². The zero-order chi connectivity index (χ0) is 13.5. The summed E-state index contributed by atoms with van der Waals surface area (Å²) in [5, 5.41) is 11.2. The predicted molar refractivity (Wildman–Crippen MR) is 72.6 cm³/mol. The van der Waals surface area contributed by atoms with Crippen molar-refractivity contribution in [1.29, 1.82) is 0 Å². The van der Waals surface area contributed by atoms with Gasteiger partial charge >= 0.3 is 0 Å². The molecule has 0 fully saturated rings. The second-order valence-corrected chi connectivity index (χ2v) is 4.63. The minimum absolute atomic E-state index is 0.121. The lowest BCUT2D eigenvalue weighted by atomic mass is 9.94. The van der Waals surface area contributed by atoms with Crippen LogP contribution in [0.5, 0.6) is 0 Å². The highest BCUT2D eigenvalue weighted by Crippen LogP contribution is 2.41. The quantitative estimate of drug-likeness (QED) is 0.892. The van der Waals surface area contributed by atoms with Crippen molar-refractivity contribution in [2.45, 2.75) is 12.6 Å². The van der Waals surface area contributed by atoms with Crippen molar-refractivity contribution < 1.29 is 9.90 Å². The number of carbonyl (C=O) groups excluding carboxylic acids is 1. The Bertz CT molecular complexity index is 624. The average molecular weight is 253 g/mol. The van der Waals surface area contributed by atoms with Gasteiger partial charge in [0, 0.05) is 23.2 Å². The van der Waals surface area contributed by atoms with Gasteiger partial charge < -0.3 is 10.0 Å². The normalized spacial score (nSPS) is 21.6. The molecule has 0 spiro atoms. The summed E-state index contributed by atoms with van der Waals surface area (Å²) in [7, 11) is 0.